The van der Waals surface area contributed by atoms with Crippen LogP contribution in [-0.4, -0.2) is 70.7 Å². The van der Waals surface area contributed by atoms with Crippen LogP contribution in [0, 0.1) is 0 Å². The van der Waals surface area contributed by atoms with Crippen LogP contribution in [0.1, 0.15) is 271 Å². The number of ether oxygens (including phenoxy) is 2. The summed E-state index contributed by atoms with van der Waals surface area (Å²) in [5.74, 6) is -0.329. The molecule has 0 aliphatic rings. The van der Waals surface area contributed by atoms with E-state index in [-0.39, 0.29) is 25.8 Å². The maximum absolute atomic E-state index is 12.8. The van der Waals surface area contributed by atoms with Crippen molar-refractivity contribution < 1.29 is 37.3 Å². The zero-order valence-electron chi connectivity index (χ0n) is 42.8. The lowest BCUT2D eigenvalue weighted by Crippen LogP contribution is -2.37. The molecule has 0 aromatic carbocycles. The molecule has 0 fully saturated rings. The summed E-state index contributed by atoms with van der Waals surface area (Å²) in [4.78, 5) is 25.2. The maximum atomic E-state index is 12.8. The van der Waals surface area contributed by atoms with E-state index in [4.69, 9.17) is 18.5 Å². The Kier molecular flexibility index (Phi) is 47.1. The largest absolute Gasteiger partial charge is 0.756 e. The molecule has 0 saturated carbocycles. The highest BCUT2D eigenvalue weighted by molar-refractivity contribution is 7.45. The van der Waals surface area contributed by atoms with Gasteiger partial charge >= 0.3 is 5.97 Å². The van der Waals surface area contributed by atoms with E-state index in [1.165, 1.54) is 218 Å². The average Bonchev–Trinajstić information content (AvgIpc) is 3.24. The summed E-state index contributed by atoms with van der Waals surface area (Å²) in [6.45, 7) is 5.48. The quantitative estimate of drug-likeness (QED) is 0.0197. The van der Waals surface area contributed by atoms with E-state index in [1.807, 2.05) is 21.1 Å². The molecule has 63 heavy (non-hydrogen) atoms. The molecule has 8 nitrogen and oxygen atoms in total. The van der Waals surface area contributed by atoms with Crippen LogP contribution in [0.4, 0.5) is 0 Å². The van der Waals surface area contributed by atoms with Gasteiger partial charge in [0.05, 0.1) is 34.4 Å². The number of unbranched alkanes of at least 4 members (excludes halogenated alkanes) is 36. The second-order valence-electron chi connectivity index (χ2n) is 20.0. The van der Waals surface area contributed by atoms with Gasteiger partial charge in [0.15, 0.2) is 0 Å². The molecule has 0 spiro atoms. The summed E-state index contributed by atoms with van der Waals surface area (Å²) in [5.41, 5.74) is 0. The van der Waals surface area contributed by atoms with E-state index < -0.39 is 13.9 Å². The van der Waals surface area contributed by atoms with Crippen molar-refractivity contribution in [1.29, 1.82) is 0 Å². The van der Waals surface area contributed by atoms with E-state index >= 15 is 0 Å². The Morgan fingerprint density at radius 3 is 1.21 bits per heavy atom. The molecule has 376 valence electrons. The Balaban J connectivity index is 4.06. The molecule has 0 radical (unpaired) electrons. The number of nitrogens with zero attached hydrogens (tertiary/aromatic N) is 1. The molecule has 0 bridgehead atoms. The summed E-state index contributed by atoms with van der Waals surface area (Å²) in [6.07, 6.45) is 55.3. The summed E-state index contributed by atoms with van der Waals surface area (Å²) < 4.78 is 34.8. The third-order valence-electron chi connectivity index (χ3n) is 12.3. The van der Waals surface area contributed by atoms with Crippen molar-refractivity contribution in [1.82, 2.24) is 0 Å². The van der Waals surface area contributed by atoms with Gasteiger partial charge in [-0.2, -0.15) is 0 Å². The number of carbonyl (C=O) groups is 1. The van der Waals surface area contributed by atoms with Crippen LogP contribution in [-0.2, 0) is 27.9 Å². The van der Waals surface area contributed by atoms with Crippen molar-refractivity contribution in [2.45, 2.75) is 277 Å². The first-order chi connectivity index (χ1) is 30.6. The zero-order chi connectivity index (χ0) is 46.2. The van der Waals surface area contributed by atoms with Gasteiger partial charge in [0.2, 0.25) is 0 Å². The van der Waals surface area contributed by atoms with Gasteiger partial charge in [0, 0.05) is 13.0 Å². The second-order valence-corrected chi connectivity index (χ2v) is 21.4. The number of likely N-dealkylation sites (N-methyl/N-ethyl adjacent to an activating group) is 1. The van der Waals surface area contributed by atoms with Gasteiger partial charge in [-0.15, -0.1) is 0 Å². The van der Waals surface area contributed by atoms with E-state index in [9.17, 15) is 14.3 Å². The first-order valence-corrected chi connectivity index (χ1v) is 28.9. The SMILES string of the molecule is CCCCCCCC/C=C\CCCCCCCCCCCC(=O)OC(COCCCCCCCCCCCCCCCCCCCCCCCC)COP(=O)([O-])OCC[N+](C)(C)C. The molecule has 0 heterocycles. The third kappa shape index (κ3) is 52.1. The highest BCUT2D eigenvalue weighted by Crippen LogP contribution is 2.38. The van der Waals surface area contributed by atoms with Crippen molar-refractivity contribution in [3.63, 3.8) is 0 Å². The molecule has 0 aromatic rings. The Morgan fingerprint density at radius 2 is 0.825 bits per heavy atom. The fourth-order valence-electron chi connectivity index (χ4n) is 8.07. The standard InChI is InChI=1S/C54H108NO7P/c1-6-8-10-12-14-16-18-20-22-24-26-27-28-30-32-34-36-38-40-42-44-46-49-59-51-53(52-61-63(57,58)60-50-48-55(3,4)5)62-54(56)47-45-43-41-39-37-35-33-31-29-25-23-21-19-17-15-13-11-9-7-2/h21,23,53H,6-20,22,24-52H2,1-5H3/b23-21-. The number of rotatable bonds is 52. The first kappa shape index (κ1) is 62.2. The number of phosphoric acid groups is 1. The Hall–Kier alpha value is -0.760. The lowest BCUT2D eigenvalue weighted by Gasteiger charge is -2.28. The lowest BCUT2D eigenvalue weighted by molar-refractivity contribution is -0.870. The highest BCUT2D eigenvalue weighted by Gasteiger charge is 2.20. The number of phosphoric ester groups is 1. The smallest absolute Gasteiger partial charge is 0.306 e. The second kappa shape index (κ2) is 47.7. The van der Waals surface area contributed by atoms with Crippen molar-refractivity contribution in [2.24, 2.45) is 0 Å². The number of hydrogen-bond acceptors (Lipinski definition) is 7. The summed E-state index contributed by atoms with van der Waals surface area (Å²) >= 11 is 0. The Labute approximate surface area is 392 Å². The monoisotopic (exact) mass is 914 g/mol. The van der Waals surface area contributed by atoms with E-state index in [0.29, 0.717) is 24.1 Å². The van der Waals surface area contributed by atoms with Crippen LogP contribution in [0.5, 0.6) is 0 Å². The number of allylic oxidation sites excluding steroid dienone is 2. The fourth-order valence-corrected chi connectivity index (χ4v) is 8.80. The van der Waals surface area contributed by atoms with Crippen LogP contribution in [0.15, 0.2) is 12.2 Å². The summed E-state index contributed by atoms with van der Waals surface area (Å²) in [6, 6.07) is 0. The topological polar surface area (TPSA) is 94.1 Å². The van der Waals surface area contributed by atoms with Crippen molar-refractivity contribution in [3.8, 4) is 0 Å². The summed E-state index contributed by atoms with van der Waals surface area (Å²) in [5, 5.41) is 0. The highest BCUT2D eigenvalue weighted by atomic mass is 31.2. The lowest BCUT2D eigenvalue weighted by atomic mass is 10.0. The maximum Gasteiger partial charge on any atom is 0.306 e. The van der Waals surface area contributed by atoms with Gasteiger partial charge in [-0.25, -0.2) is 0 Å². The van der Waals surface area contributed by atoms with E-state index in [1.54, 1.807) is 0 Å². The predicted octanol–water partition coefficient (Wildman–Crippen LogP) is 16.3. The van der Waals surface area contributed by atoms with Gasteiger partial charge in [0.1, 0.15) is 19.3 Å². The Morgan fingerprint density at radius 1 is 0.476 bits per heavy atom. The number of hydrogen-bond donors (Lipinski definition) is 0. The van der Waals surface area contributed by atoms with Crippen molar-refractivity contribution in [2.75, 3.05) is 54.1 Å². The van der Waals surface area contributed by atoms with Gasteiger partial charge in [-0.3, -0.25) is 9.36 Å². The molecule has 0 aliphatic heterocycles. The van der Waals surface area contributed by atoms with Crippen molar-refractivity contribution >= 4 is 13.8 Å². The van der Waals surface area contributed by atoms with Crippen LogP contribution in [0.2, 0.25) is 0 Å². The predicted molar refractivity (Wildman–Crippen MR) is 268 cm³/mol. The molecule has 9 heteroatoms. The van der Waals surface area contributed by atoms with Gasteiger partial charge in [-0.05, 0) is 38.5 Å². The fraction of sp³-hybridized carbons (Fsp3) is 0.944. The van der Waals surface area contributed by atoms with Crippen LogP contribution >= 0.6 is 7.82 Å². The van der Waals surface area contributed by atoms with Crippen LogP contribution in [0.25, 0.3) is 0 Å². The number of esters is 1. The molecule has 2 atom stereocenters. The number of quaternary nitrogens is 1. The minimum absolute atomic E-state index is 0.0295. The van der Waals surface area contributed by atoms with Crippen LogP contribution < -0.4 is 4.89 Å². The van der Waals surface area contributed by atoms with E-state index in [0.717, 1.165) is 32.1 Å². The third-order valence-corrected chi connectivity index (χ3v) is 13.3. The average molecular weight is 914 g/mol. The molecule has 0 rings (SSSR count). The molecular formula is C54H108NO7P. The van der Waals surface area contributed by atoms with E-state index in [2.05, 4.69) is 26.0 Å². The Bertz CT molecular complexity index is 1020. The molecule has 0 saturated heterocycles. The normalized spacial score (nSPS) is 13.6. The molecular weight excluding hydrogens is 806 g/mol. The minimum Gasteiger partial charge on any atom is -0.756 e. The molecule has 0 amide bonds. The van der Waals surface area contributed by atoms with Crippen LogP contribution in [0.3, 0.4) is 0 Å². The molecule has 0 aliphatic carbocycles. The minimum atomic E-state index is -4.53. The van der Waals surface area contributed by atoms with Gasteiger partial charge < -0.3 is 27.9 Å². The molecule has 0 N–H and O–H groups in total. The van der Waals surface area contributed by atoms with Gasteiger partial charge in [-0.1, -0.05) is 238 Å². The summed E-state index contributed by atoms with van der Waals surface area (Å²) in [7, 11) is 1.37. The first-order valence-electron chi connectivity index (χ1n) is 27.4. The number of carbonyl (C=O) groups excluding carboxylic acids is 1. The molecule has 2 unspecified atom stereocenters. The van der Waals surface area contributed by atoms with Gasteiger partial charge in [0.25, 0.3) is 7.82 Å². The molecule has 0 aromatic heterocycles. The van der Waals surface area contributed by atoms with Crippen molar-refractivity contribution in [3.05, 3.63) is 12.2 Å². The zero-order valence-corrected chi connectivity index (χ0v) is 43.7.